The highest BCUT2D eigenvalue weighted by Gasteiger charge is 2.07. The Balaban J connectivity index is 0. The summed E-state index contributed by atoms with van der Waals surface area (Å²) in [5.74, 6) is -1.31. The molecule has 120 valence electrons. The summed E-state index contributed by atoms with van der Waals surface area (Å²) in [6, 6.07) is 5.81. The number of amides is 1. The molecular formula is C13H22ClN2O5+. The molecule has 1 aromatic carbocycles. The summed E-state index contributed by atoms with van der Waals surface area (Å²) < 4.78 is 5.31. The number of rotatable bonds is 4. The molecule has 1 aromatic rings. The Labute approximate surface area is 129 Å². The average Bonchev–Trinajstić information content (AvgIpc) is 2.27. The zero-order chi connectivity index (χ0) is 15.8. The van der Waals surface area contributed by atoms with Gasteiger partial charge in [0, 0.05) is 0 Å². The summed E-state index contributed by atoms with van der Waals surface area (Å²) >= 11 is 0. The maximum Gasteiger partial charge on any atom is 0.404 e. The number of carboxylic acids is 1. The lowest BCUT2D eigenvalue weighted by atomic mass is 10.2. The Morgan fingerprint density at radius 1 is 1.24 bits per heavy atom. The number of hydrogen-bond acceptors (Lipinski definition) is 4. The second-order valence-corrected chi connectivity index (χ2v) is 5.00. The van der Waals surface area contributed by atoms with Gasteiger partial charge in [-0.2, -0.15) is 0 Å². The molecule has 0 aromatic heterocycles. The van der Waals surface area contributed by atoms with Crippen LogP contribution >= 0.6 is 12.4 Å². The molecule has 0 spiro atoms. The fourth-order valence-corrected chi connectivity index (χ4v) is 1.07. The van der Waals surface area contributed by atoms with Crippen molar-refractivity contribution in [3.05, 3.63) is 29.8 Å². The molecular weight excluding hydrogens is 300 g/mol. The fraction of sp³-hybridized carbons (Fsp3) is 0.385. The van der Waals surface area contributed by atoms with Crippen LogP contribution in [0.25, 0.3) is 0 Å². The zero-order valence-electron chi connectivity index (χ0n) is 12.3. The molecule has 8 heteroatoms. The summed E-state index contributed by atoms with van der Waals surface area (Å²) in [4.78, 5) is 20.3. The Kier molecular flexibility index (Phi) is 9.99. The van der Waals surface area contributed by atoms with Crippen LogP contribution in [-0.2, 0) is 4.74 Å². The first-order valence-electron chi connectivity index (χ1n) is 5.87. The van der Waals surface area contributed by atoms with Crippen LogP contribution in [0.2, 0.25) is 0 Å². The van der Waals surface area contributed by atoms with Gasteiger partial charge in [0.2, 0.25) is 0 Å². The van der Waals surface area contributed by atoms with Gasteiger partial charge in [0.05, 0.1) is 21.1 Å². The number of phenols is 1. The number of primary amides is 1. The van der Waals surface area contributed by atoms with E-state index in [4.69, 9.17) is 15.9 Å². The summed E-state index contributed by atoms with van der Waals surface area (Å²) in [6.07, 6.45) is -0.701. The molecule has 21 heavy (non-hydrogen) atoms. The van der Waals surface area contributed by atoms with E-state index in [1.54, 1.807) is 12.1 Å². The van der Waals surface area contributed by atoms with Crippen molar-refractivity contribution in [3.63, 3.8) is 0 Å². The maximum atomic E-state index is 10.3. The van der Waals surface area contributed by atoms with Crippen LogP contribution in [0, 0.1) is 0 Å². The van der Waals surface area contributed by atoms with Gasteiger partial charge in [0.15, 0.2) is 0 Å². The number of carbonyl (C=O) groups is 2. The molecule has 7 nitrogen and oxygen atoms in total. The third kappa shape index (κ3) is 11.5. The Hall–Kier alpha value is -1.99. The van der Waals surface area contributed by atoms with Crippen LogP contribution in [-0.4, -0.2) is 61.1 Å². The van der Waals surface area contributed by atoms with E-state index in [9.17, 15) is 9.59 Å². The SMILES string of the molecule is C[N+](C)(C)CCOC(N)=O.Cl.O=C(O)c1ccccc1O. The van der Waals surface area contributed by atoms with E-state index in [1.807, 2.05) is 21.1 Å². The first-order chi connectivity index (χ1) is 9.13. The second-order valence-electron chi connectivity index (χ2n) is 5.00. The largest absolute Gasteiger partial charge is 0.507 e. The van der Waals surface area contributed by atoms with Gasteiger partial charge in [0.25, 0.3) is 0 Å². The van der Waals surface area contributed by atoms with E-state index >= 15 is 0 Å². The third-order valence-corrected chi connectivity index (χ3v) is 2.14. The van der Waals surface area contributed by atoms with Crippen molar-refractivity contribution in [1.82, 2.24) is 0 Å². The van der Waals surface area contributed by atoms with E-state index in [2.05, 4.69) is 4.74 Å². The van der Waals surface area contributed by atoms with Crippen molar-refractivity contribution in [3.8, 4) is 5.75 Å². The maximum absolute atomic E-state index is 10.3. The Morgan fingerprint density at radius 3 is 2.10 bits per heavy atom. The molecule has 0 aliphatic rings. The number of likely N-dealkylation sites (N-methyl/N-ethyl adjacent to an activating group) is 1. The molecule has 1 amide bonds. The van der Waals surface area contributed by atoms with Gasteiger partial charge in [-0.15, -0.1) is 12.4 Å². The number of hydrogen-bond donors (Lipinski definition) is 3. The predicted octanol–water partition coefficient (Wildman–Crippen LogP) is 1.30. The number of nitrogens with zero attached hydrogens (tertiary/aromatic N) is 1. The molecule has 1 rings (SSSR count). The van der Waals surface area contributed by atoms with E-state index < -0.39 is 12.1 Å². The number of aromatic carboxylic acids is 1. The van der Waals surface area contributed by atoms with Crippen molar-refractivity contribution in [2.24, 2.45) is 5.73 Å². The number of aromatic hydroxyl groups is 1. The summed E-state index contributed by atoms with van der Waals surface area (Å²) in [5, 5.41) is 17.3. The molecule has 0 heterocycles. The van der Waals surface area contributed by atoms with Crippen LogP contribution in [0.15, 0.2) is 24.3 Å². The van der Waals surface area contributed by atoms with Gasteiger partial charge >= 0.3 is 12.1 Å². The quantitative estimate of drug-likeness (QED) is 0.724. The molecule has 0 bridgehead atoms. The molecule has 0 unspecified atom stereocenters. The number of nitrogens with two attached hydrogens (primary N) is 1. The highest BCUT2D eigenvalue weighted by atomic mass is 35.5. The topological polar surface area (TPSA) is 110 Å². The molecule has 0 radical (unpaired) electrons. The van der Waals surface area contributed by atoms with Crippen molar-refractivity contribution in [2.75, 3.05) is 34.3 Å². The van der Waals surface area contributed by atoms with Crippen LogP contribution in [0.5, 0.6) is 5.75 Å². The van der Waals surface area contributed by atoms with E-state index in [0.29, 0.717) is 6.61 Å². The monoisotopic (exact) mass is 321 g/mol. The fourth-order valence-electron chi connectivity index (χ4n) is 1.07. The Bertz CT molecular complexity index is 460. The number of halogens is 1. The van der Waals surface area contributed by atoms with Gasteiger partial charge in [-0.3, -0.25) is 0 Å². The van der Waals surface area contributed by atoms with Crippen molar-refractivity contribution in [1.29, 1.82) is 0 Å². The number of quaternary nitrogens is 1. The molecule has 0 fully saturated rings. The molecule has 0 aliphatic carbocycles. The van der Waals surface area contributed by atoms with Gasteiger partial charge < -0.3 is 25.2 Å². The zero-order valence-corrected chi connectivity index (χ0v) is 13.1. The lowest BCUT2D eigenvalue weighted by Gasteiger charge is -2.22. The first kappa shape index (κ1) is 21.3. The van der Waals surface area contributed by atoms with Crippen LogP contribution in [0.1, 0.15) is 10.4 Å². The highest BCUT2D eigenvalue weighted by Crippen LogP contribution is 2.14. The van der Waals surface area contributed by atoms with Crippen LogP contribution in [0.3, 0.4) is 0 Å². The summed E-state index contributed by atoms with van der Waals surface area (Å²) in [7, 11) is 6.05. The molecule has 0 saturated carbocycles. The van der Waals surface area contributed by atoms with E-state index in [-0.39, 0.29) is 23.7 Å². The van der Waals surface area contributed by atoms with Gasteiger partial charge in [-0.1, -0.05) is 12.1 Å². The smallest absolute Gasteiger partial charge is 0.404 e. The number of carbonyl (C=O) groups excluding carboxylic acids is 1. The van der Waals surface area contributed by atoms with Crippen molar-refractivity contribution < 1.29 is 29.0 Å². The minimum Gasteiger partial charge on any atom is -0.507 e. The second kappa shape index (κ2) is 9.84. The minimum atomic E-state index is -1.11. The number of para-hydroxylation sites is 1. The number of benzene rings is 1. The summed E-state index contributed by atoms with van der Waals surface area (Å²) in [5.41, 5.74) is 4.69. The minimum absolute atomic E-state index is 0. The summed E-state index contributed by atoms with van der Waals surface area (Å²) in [6.45, 7) is 1.17. The van der Waals surface area contributed by atoms with Gasteiger partial charge in [0.1, 0.15) is 24.5 Å². The standard InChI is InChI=1S/C7H6O3.C6H14N2O2.ClH/c8-6-4-2-1-3-5(6)7(9)10;1-8(2,3)4-5-10-6(7)9;/h1-4,8H,(H,9,10);4-5H2,1-3H3,(H-,7,9);1H/p+1. The molecule has 4 N–H and O–H groups in total. The van der Waals surface area contributed by atoms with Gasteiger partial charge in [-0.05, 0) is 12.1 Å². The van der Waals surface area contributed by atoms with Crippen molar-refractivity contribution in [2.45, 2.75) is 0 Å². The molecule has 0 atom stereocenters. The lowest BCUT2D eigenvalue weighted by Crippen LogP contribution is -2.38. The normalized spacial score (nSPS) is 9.67. The van der Waals surface area contributed by atoms with E-state index in [0.717, 1.165) is 11.0 Å². The number of ether oxygens (including phenoxy) is 1. The van der Waals surface area contributed by atoms with E-state index in [1.165, 1.54) is 12.1 Å². The predicted molar refractivity (Wildman–Crippen MR) is 80.7 cm³/mol. The average molecular weight is 322 g/mol. The lowest BCUT2D eigenvalue weighted by molar-refractivity contribution is -0.870. The van der Waals surface area contributed by atoms with Crippen LogP contribution < -0.4 is 5.73 Å². The molecule has 0 aliphatic heterocycles. The van der Waals surface area contributed by atoms with Crippen LogP contribution in [0.4, 0.5) is 4.79 Å². The van der Waals surface area contributed by atoms with Crippen molar-refractivity contribution >= 4 is 24.5 Å². The first-order valence-corrected chi connectivity index (χ1v) is 5.87. The third-order valence-electron chi connectivity index (χ3n) is 2.14. The number of carboxylic acid groups (broad SMARTS) is 1. The Morgan fingerprint density at radius 2 is 1.76 bits per heavy atom. The van der Waals surface area contributed by atoms with Gasteiger partial charge in [-0.25, -0.2) is 9.59 Å². The highest BCUT2D eigenvalue weighted by molar-refractivity contribution is 5.90. The molecule has 0 saturated heterocycles.